The van der Waals surface area contributed by atoms with Gasteiger partial charge < -0.3 is 10.3 Å². The first-order chi connectivity index (χ1) is 8.66. The summed E-state index contributed by atoms with van der Waals surface area (Å²) in [4.78, 5) is 17.5. The van der Waals surface area contributed by atoms with Crippen molar-refractivity contribution in [3.63, 3.8) is 0 Å². The summed E-state index contributed by atoms with van der Waals surface area (Å²) in [7, 11) is 0. The summed E-state index contributed by atoms with van der Waals surface area (Å²) in [5, 5.41) is 2.96. The standard InChI is InChI=1S/C12H11ClFN3O/c13-10-11(16-7-17-12(10)18)15-5-4-8-2-1-3-9(14)6-8/h1-3,6-7H,4-5H2,(H2,15,16,17,18). The van der Waals surface area contributed by atoms with E-state index in [9.17, 15) is 9.18 Å². The van der Waals surface area contributed by atoms with Crippen molar-refractivity contribution in [1.82, 2.24) is 9.97 Å². The largest absolute Gasteiger partial charge is 0.368 e. The van der Waals surface area contributed by atoms with Gasteiger partial charge in [0.25, 0.3) is 5.56 Å². The van der Waals surface area contributed by atoms with E-state index in [1.165, 1.54) is 18.5 Å². The molecule has 0 aliphatic rings. The quantitative estimate of drug-likeness (QED) is 0.893. The Kier molecular flexibility index (Phi) is 3.94. The van der Waals surface area contributed by atoms with E-state index >= 15 is 0 Å². The molecule has 1 aromatic heterocycles. The summed E-state index contributed by atoms with van der Waals surface area (Å²) < 4.78 is 12.9. The first kappa shape index (κ1) is 12.6. The van der Waals surface area contributed by atoms with Crippen LogP contribution in [0.2, 0.25) is 5.02 Å². The molecule has 4 nitrogen and oxygen atoms in total. The van der Waals surface area contributed by atoms with Crippen molar-refractivity contribution in [2.75, 3.05) is 11.9 Å². The van der Waals surface area contributed by atoms with Gasteiger partial charge in [-0.15, -0.1) is 0 Å². The lowest BCUT2D eigenvalue weighted by molar-refractivity contribution is 0.625. The summed E-state index contributed by atoms with van der Waals surface area (Å²) in [5.74, 6) is 0.0663. The number of aromatic amines is 1. The number of anilines is 1. The lowest BCUT2D eigenvalue weighted by Gasteiger charge is -2.06. The van der Waals surface area contributed by atoms with Gasteiger partial charge in [0.15, 0.2) is 5.82 Å². The Morgan fingerprint density at radius 1 is 1.44 bits per heavy atom. The molecule has 2 aromatic rings. The zero-order valence-electron chi connectivity index (χ0n) is 9.41. The van der Waals surface area contributed by atoms with Crippen LogP contribution < -0.4 is 10.9 Å². The average molecular weight is 268 g/mol. The molecule has 1 heterocycles. The van der Waals surface area contributed by atoms with E-state index in [-0.39, 0.29) is 16.4 Å². The average Bonchev–Trinajstić information content (AvgIpc) is 2.35. The van der Waals surface area contributed by atoms with Crippen molar-refractivity contribution >= 4 is 17.4 Å². The summed E-state index contributed by atoms with van der Waals surface area (Å²) >= 11 is 5.77. The molecule has 0 aliphatic heterocycles. The maximum Gasteiger partial charge on any atom is 0.271 e. The van der Waals surface area contributed by atoms with Gasteiger partial charge >= 0.3 is 0 Å². The maximum absolute atomic E-state index is 12.9. The molecule has 0 unspecified atom stereocenters. The molecule has 1 aromatic carbocycles. The van der Waals surface area contributed by atoms with Crippen molar-refractivity contribution < 1.29 is 4.39 Å². The number of hydrogen-bond acceptors (Lipinski definition) is 3. The zero-order chi connectivity index (χ0) is 13.0. The Hall–Kier alpha value is -1.88. The second kappa shape index (κ2) is 5.64. The number of nitrogens with zero attached hydrogens (tertiary/aromatic N) is 1. The van der Waals surface area contributed by atoms with Gasteiger partial charge in [-0.25, -0.2) is 9.37 Å². The molecular formula is C12H11ClFN3O. The molecule has 0 aliphatic carbocycles. The predicted molar refractivity (Wildman–Crippen MR) is 68.5 cm³/mol. The lowest BCUT2D eigenvalue weighted by atomic mass is 10.1. The molecule has 0 amide bonds. The van der Waals surface area contributed by atoms with E-state index in [1.807, 2.05) is 6.07 Å². The topological polar surface area (TPSA) is 57.8 Å². The molecule has 0 saturated carbocycles. The van der Waals surface area contributed by atoms with Crippen molar-refractivity contribution in [2.24, 2.45) is 0 Å². The minimum atomic E-state index is -0.389. The molecular weight excluding hydrogens is 257 g/mol. The number of halogens is 2. The molecule has 2 rings (SSSR count). The normalized spacial score (nSPS) is 10.3. The molecule has 0 radical (unpaired) electrons. The van der Waals surface area contributed by atoms with E-state index < -0.39 is 0 Å². The molecule has 0 saturated heterocycles. The summed E-state index contributed by atoms with van der Waals surface area (Å²) in [5.41, 5.74) is 0.475. The Labute approximate surface area is 108 Å². The molecule has 0 atom stereocenters. The number of aromatic nitrogens is 2. The summed E-state index contributed by atoms with van der Waals surface area (Å²) in [6.07, 6.45) is 1.89. The number of hydrogen-bond donors (Lipinski definition) is 2. The highest BCUT2D eigenvalue weighted by atomic mass is 35.5. The van der Waals surface area contributed by atoms with Crippen LogP contribution in [-0.4, -0.2) is 16.5 Å². The predicted octanol–water partition coefficient (Wildman–Crippen LogP) is 2.22. The van der Waals surface area contributed by atoms with Crippen molar-refractivity contribution in [3.8, 4) is 0 Å². The van der Waals surface area contributed by atoms with Crippen LogP contribution in [0.25, 0.3) is 0 Å². The van der Waals surface area contributed by atoms with Gasteiger partial charge in [-0.05, 0) is 24.1 Å². The molecule has 0 fully saturated rings. The first-order valence-electron chi connectivity index (χ1n) is 5.38. The fraction of sp³-hybridized carbons (Fsp3) is 0.167. The van der Waals surface area contributed by atoms with Crippen LogP contribution in [0.3, 0.4) is 0 Å². The van der Waals surface area contributed by atoms with E-state index in [2.05, 4.69) is 15.3 Å². The highest BCUT2D eigenvalue weighted by Gasteiger charge is 2.04. The fourth-order valence-corrected chi connectivity index (χ4v) is 1.69. The molecule has 2 N–H and O–H groups in total. The van der Waals surface area contributed by atoms with Crippen LogP contribution in [0.15, 0.2) is 35.4 Å². The van der Waals surface area contributed by atoms with Crippen LogP contribution in [0, 0.1) is 5.82 Å². The maximum atomic E-state index is 12.9. The second-order valence-corrected chi connectivity index (χ2v) is 4.08. The van der Waals surface area contributed by atoms with Gasteiger partial charge in [0.2, 0.25) is 0 Å². The van der Waals surface area contributed by atoms with Gasteiger partial charge in [-0.1, -0.05) is 23.7 Å². The van der Waals surface area contributed by atoms with Crippen molar-refractivity contribution in [3.05, 3.63) is 57.3 Å². The molecule has 0 bridgehead atoms. The SMILES string of the molecule is O=c1[nH]cnc(NCCc2cccc(F)c2)c1Cl. The molecule has 0 spiro atoms. The smallest absolute Gasteiger partial charge is 0.271 e. The number of rotatable bonds is 4. The Balaban J connectivity index is 1.97. The number of H-pyrrole nitrogens is 1. The zero-order valence-corrected chi connectivity index (χ0v) is 10.2. The van der Waals surface area contributed by atoms with Gasteiger partial charge in [0, 0.05) is 6.54 Å². The Bertz CT molecular complexity index is 600. The second-order valence-electron chi connectivity index (χ2n) is 3.70. The lowest BCUT2D eigenvalue weighted by Crippen LogP contribution is -2.13. The molecule has 6 heteroatoms. The summed E-state index contributed by atoms with van der Waals surface area (Å²) in [6.45, 7) is 0.514. The third-order valence-corrected chi connectivity index (χ3v) is 2.74. The first-order valence-corrected chi connectivity index (χ1v) is 5.76. The van der Waals surface area contributed by atoms with E-state index in [1.54, 1.807) is 6.07 Å². The van der Waals surface area contributed by atoms with Crippen LogP contribution in [0.1, 0.15) is 5.56 Å². The van der Waals surface area contributed by atoms with Crippen LogP contribution in [0.4, 0.5) is 10.2 Å². The Morgan fingerprint density at radius 3 is 3.06 bits per heavy atom. The van der Waals surface area contributed by atoms with Crippen LogP contribution in [0.5, 0.6) is 0 Å². The van der Waals surface area contributed by atoms with Crippen LogP contribution >= 0.6 is 11.6 Å². The van der Waals surface area contributed by atoms with Gasteiger partial charge in [0.05, 0.1) is 6.33 Å². The molecule has 94 valence electrons. The fourth-order valence-electron chi connectivity index (χ4n) is 1.52. The number of nitrogens with one attached hydrogen (secondary N) is 2. The van der Waals surface area contributed by atoms with Gasteiger partial charge in [-0.3, -0.25) is 4.79 Å². The molecule has 18 heavy (non-hydrogen) atoms. The highest BCUT2D eigenvalue weighted by Crippen LogP contribution is 2.12. The summed E-state index contributed by atoms with van der Waals surface area (Å²) in [6, 6.07) is 6.35. The minimum absolute atomic E-state index is 0.0248. The minimum Gasteiger partial charge on any atom is -0.368 e. The van der Waals surface area contributed by atoms with E-state index in [4.69, 9.17) is 11.6 Å². The van der Waals surface area contributed by atoms with E-state index in [0.29, 0.717) is 18.8 Å². The van der Waals surface area contributed by atoms with Crippen molar-refractivity contribution in [2.45, 2.75) is 6.42 Å². The van der Waals surface area contributed by atoms with Crippen molar-refractivity contribution in [1.29, 1.82) is 0 Å². The third kappa shape index (κ3) is 3.07. The number of benzene rings is 1. The van der Waals surface area contributed by atoms with Gasteiger partial charge in [0.1, 0.15) is 10.8 Å². The van der Waals surface area contributed by atoms with E-state index in [0.717, 1.165) is 5.56 Å². The monoisotopic (exact) mass is 267 g/mol. The highest BCUT2D eigenvalue weighted by molar-refractivity contribution is 6.32. The third-order valence-electron chi connectivity index (χ3n) is 2.39. The van der Waals surface area contributed by atoms with Gasteiger partial charge in [-0.2, -0.15) is 0 Å². The Morgan fingerprint density at radius 2 is 2.28 bits per heavy atom. The van der Waals surface area contributed by atoms with Crippen LogP contribution in [-0.2, 0) is 6.42 Å².